The van der Waals surface area contributed by atoms with Gasteiger partial charge in [0.05, 0.1) is 11.9 Å². The van der Waals surface area contributed by atoms with Crippen LogP contribution >= 0.6 is 0 Å². The van der Waals surface area contributed by atoms with Crippen molar-refractivity contribution in [2.75, 3.05) is 0 Å². The SMILES string of the molecule is CC(C)NC(=O)c1ccn(-c2nc(-c3cnn(C)c3)cc(C(F)(F)F)n2)n1. The molecule has 142 valence electrons. The van der Waals surface area contributed by atoms with Gasteiger partial charge in [-0.05, 0) is 26.0 Å². The third-order valence-corrected chi connectivity index (χ3v) is 3.45. The van der Waals surface area contributed by atoms with Gasteiger partial charge in [0.25, 0.3) is 11.9 Å². The van der Waals surface area contributed by atoms with Gasteiger partial charge in [-0.15, -0.1) is 0 Å². The quantitative estimate of drug-likeness (QED) is 0.751. The Kier molecular flexibility index (Phi) is 4.68. The van der Waals surface area contributed by atoms with Crippen molar-refractivity contribution in [2.45, 2.75) is 26.1 Å². The van der Waals surface area contributed by atoms with Crippen LogP contribution in [0.15, 0.2) is 30.7 Å². The summed E-state index contributed by atoms with van der Waals surface area (Å²) in [6, 6.07) is 2.12. The Morgan fingerprint density at radius 3 is 2.59 bits per heavy atom. The number of carbonyl (C=O) groups excluding carboxylic acids is 1. The van der Waals surface area contributed by atoms with Crippen LogP contribution in [0.4, 0.5) is 13.2 Å². The molecule has 0 aliphatic rings. The molecule has 3 aromatic rings. The lowest BCUT2D eigenvalue weighted by Crippen LogP contribution is -2.30. The van der Waals surface area contributed by atoms with Crippen LogP contribution in [0.1, 0.15) is 30.0 Å². The molecule has 0 radical (unpaired) electrons. The largest absolute Gasteiger partial charge is 0.433 e. The summed E-state index contributed by atoms with van der Waals surface area (Å²) in [5.41, 5.74) is -0.622. The Labute approximate surface area is 152 Å². The van der Waals surface area contributed by atoms with Crippen molar-refractivity contribution in [1.29, 1.82) is 0 Å². The second-order valence-corrected chi connectivity index (χ2v) is 6.11. The van der Waals surface area contributed by atoms with E-state index in [-0.39, 0.29) is 23.4 Å². The summed E-state index contributed by atoms with van der Waals surface area (Å²) in [6.07, 6.45) is -0.398. The van der Waals surface area contributed by atoms with Crippen LogP contribution in [0.5, 0.6) is 0 Å². The molecule has 0 saturated heterocycles. The van der Waals surface area contributed by atoms with Gasteiger partial charge >= 0.3 is 6.18 Å². The molecule has 27 heavy (non-hydrogen) atoms. The molecular formula is C16H16F3N7O. The fourth-order valence-electron chi connectivity index (χ4n) is 2.28. The van der Waals surface area contributed by atoms with Crippen LogP contribution in [0, 0.1) is 0 Å². The van der Waals surface area contributed by atoms with Gasteiger partial charge in [-0.1, -0.05) is 0 Å². The number of rotatable bonds is 4. The van der Waals surface area contributed by atoms with Crippen molar-refractivity contribution in [2.24, 2.45) is 7.05 Å². The van der Waals surface area contributed by atoms with Crippen molar-refractivity contribution in [1.82, 2.24) is 34.8 Å². The maximum Gasteiger partial charge on any atom is 0.433 e. The van der Waals surface area contributed by atoms with Crippen LogP contribution < -0.4 is 5.32 Å². The molecule has 3 heterocycles. The van der Waals surface area contributed by atoms with E-state index in [1.165, 1.54) is 29.3 Å². The van der Waals surface area contributed by atoms with Crippen molar-refractivity contribution < 1.29 is 18.0 Å². The maximum absolute atomic E-state index is 13.3. The highest BCUT2D eigenvalue weighted by atomic mass is 19.4. The predicted octanol–water partition coefficient (Wildman–Crippen LogP) is 2.22. The van der Waals surface area contributed by atoms with Gasteiger partial charge in [0.15, 0.2) is 11.4 Å². The van der Waals surface area contributed by atoms with Crippen molar-refractivity contribution >= 4 is 5.91 Å². The Morgan fingerprint density at radius 1 is 1.26 bits per heavy atom. The summed E-state index contributed by atoms with van der Waals surface area (Å²) in [5.74, 6) is -0.740. The molecule has 0 saturated carbocycles. The molecule has 3 rings (SSSR count). The normalized spacial score (nSPS) is 11.8. The van der Waals surface area contributed by atoms with Crippen molar-refractivity contribution in [3.63, 3.8) is 0 Å². The highest BCUT2D eigenvalue weighted by Crippen LogP contribution is 2.30. The zero-order valence-electron chi connectivity index (χ0n) is 14.7. The van der Waals surface area contributed by atoms with E-state index in [1.807, 2.05) is 0 Å². The summed E-state index contributed by atoms with van der Waals surface area (Å²) in [5, 5.41) is 10.6. The number of nitrogens with one attached hydrogen (secondary N) is 1. The fourth-order valence-corrected chi connectivity index (χ4v) is 2.28. The molecule has 0 unspecified atom stereocenters. The standard InChI is InChI=1S/C16H16F3N7O/c1-9(2)21-14(27)11-4-5-26(24-11)15-22-12(10-7-20-25(3)8-10)6-13(23-15)16(17,18)19/h4-9H,1-3H3,(H,21,27). The van der Waals surface area contributed by atoms with Crippen LogP contribution in [0.25, 0.3) is 17.2 Å². The zero-order chi connectivity index (χ0) is 19.8. The Hall–Kier alpha value is -3.24. The molecule has 3 aromatic heterocycles. The van der Waals surface area contributed by atoms with Crippen LogP contribution in [-0.4, -0.2) is 41.5 Å². The fraction of sp³-hybridized carbons (Fsp3) is 0.312. The first-order valence-corrected chi connectivity index (χ1v) is 7.95. The summed E-state index contributed by atoms with van der Waals surface area (Å²) in [4.78, 5) is 19.7. The minimum atomic E-state index is -4.67. The van der Waals surface area contributed by atoms with Crippen LogP contribution in [0.3, 0.4) is 0 Å². The number of hydrogen-bond acceptors (Lipinski definition) is 5. The first-order chi connectivity index (χ1) is 12.6. The lowest BCUT2D eigenvalue weighted by Gasteiger charge is -2.10. The third kappa shape index (κ3) is 4.13. The van der Waals surface area contributed by atoms with Crippen LogP contribution in [-0.2, 0) is 13.2 Å². The molecular weight excluding hydrogens is 363 g/mol. The van der Waals surface area contributed by atoms with E-state index < -0.39 is 17.8 Å². The number of carbonyl (C=O) groups is 1. The number of hydrogen-bond donors (Lipinski definition) is 1. The summed E-state index contributed by atoms with van der Waals surface area (Å²) >= 11 is 0. The molecule has 0 atom stereocenters. The minimum absolute atomic E-state index is 0.0455. The number of alkyl halides is 3. The molecule has 0 bridgehead atoms. The van der Waals surface area contributed by atoms with E-state index in [0.29, 0.717) is 5.56 Å². The number of aryl methyl sites for hydroxylation is 1. The monoisotopic (exact) mass is 379 g/mol. The van der Waals surface area contributed by atoms with E-state index in [0.717, 1.165) is 10.7 Å². The Bertz CT molecular complexity index is 975. The highest BCUT2D eigenvalue weighted by Gasteiger charge is 2.34. The van der Waals surface area contributed by atoms with Gasteiger partial charge in [-0.2, -0.15) is 23.4 Å². The highest BCUT2D eigenvalue weighted by molar-refractivity contribution is 5.92. The number of aromatic nitrogens is 6. The smallest absolute Gasteiger partial charge is 0.348 e. The first kappa shape index (κ1) is 18.5. The first-order valence-electron chi connectivity index (χ1n) is 7.95. The number of halogens is 3. The molecule has 0 spiro atoms. The van der Waals surface area contributed by atoms with E-state index in [2.05, 4.69) is 25.5 Å². The zero-order valence-corrected chi connectivity index (χ0v) is 14.7. The molecule has 0 aromatic carbocycles. The van der Waals surface area contributed by atoms with Gasteiger partial charge in [0, 0.05) is 31.0 Å². The molecule has 11 heteroatoms. The molecule has 1 amide bonds. The average molecular weight is 379 g/mol. The van der Waals surface area contributed by atoms with Crippen molar-refractivity contribution in [3.05, 3.63) is 42.1 Å². The van der Waals surface area contributed by atoms with Gasteiger partial charge < -0.3 is 5.32 Å². The van der Waals surface area contributed by atoms with Gasteiger partial charge in [-0.3, -0.25) is 9.48 Å². The third-order valence-electron chi connectivity index (χ3n) is 3.45. The summed E-state index contributed by atoms with van der Waals surface area (Å²) in [6.45, 7) is 3.57. The molecule has 0 fully saturated rings. The Balaban J connectivity index is 2.05. The van der Waals surface area contributed by atoms with E-state index in [4.69, 9.17) is 0 Å². The number of nitrogens with zero attached hydrogens (tertiary/aromatic N) is 6. The lowest BCUT2D eigenvalue weighted by atomic mass is 10.2. The summed E-state index contributed by atoms with van der Waals surface area (Å²) < 4.78 is 42.3. The van der Waals surface area contributed by atoms with Gasteiger partial charge in [-0.25, -0.2) is 14.6 Å². The van der Waals surface area contributed by atoms with Gasteiger partial charge in [0.2, 0.25) is 0 Å². The molecule has 1 N–H and O–H groups in total. The van der Waals surface area contributed by atoms with E-state index in [9.17, 15) is 18.0 Å². The minimum Gasteiger partial charge on any atom is -0.348 e. The van der Waals surface area contributed by atoms with Crippen LogP contribution in [0.2, 0.25) is 0 Å². The number of amides is 1. The molecule has 0 aliphatic carbocycles. The summed E-state index contributed by atoms with van der Waals surface area (Å²) in [7, 11) is 1.64. The second kappa shape index (κ2) is 6.82. The predicted molar refractivity (Wildman–Crippen MR) is 89.0 cm³/mol. The average Bonchev–Trinajstić information content (AvgIpc) is 3.22. The van der Waals surface area contributed by atoms with E-state index in [1.54, 1.807) is 20.9 Å². The van der Waals surface area contributed by atoms with Gasteiger partial charge in [0.1, 0.15) is 0 Å². The molecule has 0 aliphatic heterocycles. The van der Waals surface area contributed by atoms with Crippen molar-refractivity contribution in [3.8, 4) is 17.2 Å². The second-order valence-electron chi connectivity index (χ2n) is 6.11. The maximum atomic E-state index is 13.3. The van der Waals surface area contributed by atoms with E-state index >= 15 is 0 Å². The Morgan fingerprint density at radius 2 is 2.00 bits per heavy atom. The topological polar surface area (TPSA) is 90.5 Å². The molecule has 8 nitrogen and oxygen atoms in total. The lowest BCUT2D eigenvalue weighted by molar-refractivity contribution is -0.141.